The molecule has 0 amide bonds. The van der Waals surface area contributed by atoms with Crippen LogP contribution in [0.4, 0.5) is 0 Å². The second-order valence-electron chi connectivity index (χ2n) is 12.9. The van der Waals surface area contributed by atoms with Crippen LogP contribution in [0.1, 0.15) is 51.4 Å². The molecule has 0 aromatic carbocycles. The summed E-state index contributed by atoms with van der Waals surface area (Å²) < 4.78 is 20.5. The molecule has 1 atom stereocenters. The fourth-order valence-electron chi connectivity index (χ4n) is 4.92. The van der Waals surface area contributed by atoms with E-state index in [1.54, 1.807) is 0 Å². The van der Waals surface area contributed by atoms with Crippen molar-refractivity contribution in [1.29, 1.82) is 5.41 Å². The molecular weight excluding hydrogens is 851 g/mol. The Morgan fingerprint density at radius 3 is 1.80 bits per heavy atom. The lowest BCUT2D eigenvalue weighted by Crippen LogP contribution is -2.44. The van der Waals surface area contributed by atoms with Crippen LogP contribution in [0.2, 0.25) is 0 Å². The molecule has 1 radical (unpaired) electrons. The summed E-state index contributed by atoms with van der Waals surface area (Å²) in [7, 11) is 0. The normalized spacial score (nSPS) is 20.5. The number of ether oxygens (including phenoxy) is 3. The van der Waals surface area contributed by atoms with Crippen molar-refractivity contribution in [3.8, 4) is 82.9 Å². The van der Waals surface area contributed by atoms with Crippen LogP contribution in [-0.2, 0) is 71.7 Å². The molecule has 0 saturated carbocycles. The van der Waals surface area contributed by atoms with Gasteiger partial charge in [0.1, 0.15) is 35.9 Å². The van der Waals surface area contributed by atoms with Crippen LogP contribution < -0.4 is 5.11 Å². The van der Waals surface area contributed by atoms with Crippen molar-refractivity contribution < 1.29 is 81.9 Å². The molecule has 0 aromatic rings. The van der Waals surface area contributed by atoms with E-state index >= 15 is 0 Å². The van der Waals surface area contributed by atoms with Crippen LogP contribution in [0.25, 0.3) is 0 Å². The topological polar surface area (TPSA) is 297 Å². The molecule has 0 spiro atoms. The summed E-state index contributed by atoms with van der Waals surface area (Å²) in [5.74, 6) is 11.4. The minimum atomic E-state index is -3.10. The summed E-state index contributed by atoms with van der Waals surface area (Å²) in [5.41, 5.74) is -3.02. The second-order valence-corrected chi connectivity index (χ2v) is 12.9. The van der Waals surface area contributed by atoms with Crippen LogP contribution in [0, 0.1) is 88.3 Å². The lowest BCUT2D eigenvalue weighted by atomic mass is 9.92. The van der Waals surface area contributed by atoms with E-state index < -0.39 is 167 Å². The van der Waals surface area contributed by atoms with E-state index in [4.69, 9.17) is 24.0 Å². The predicted molar refractivity (Wildman–Crippen MR) is 214 cm³/mol. The monoisotopic (exact) mass is 876 g/mol. The molecule has 0 fully saturated rings. The average molecular weight is 877 g/mol. The predicted octanol–water partition coefficient (Wildman–Crippen LogP) is -0.577. The number of carbonyl (C=O) groups excluding carboxylic acids is 11. The number of cyclic esters (lactones) is 1. The summed E-state index contributed by atoms with van der Waals surface area (Å²) in [4.78, 5) is 125. The van der Waals surface area contributed by atoms with Crippen molar-refractivity contribution in [3.63, 3.8) is 0 Å². The van der Waals surface area contributed by atoms with Gasteiger partial charge < -0.3 is 24.5 Å². The third kappa shape index (κ3) is 15.1. The number of allylic oxidation sites excluding steroid dienone is 5. The Balaban J connectivity index is 2.02. The number of aliphatic carboxylic acids is 1. The van der Waals surface area contributed by atoms with Crippen molar-refractivity contribution in [2.75, 3.05) is 0 Å². The van der Waals surface area contributed by atoms with E-state index in [0.29, 0.717) is 0 Å². The molecule has 65 heavy (non-hydrogen) atoms. The number of carboxylic acids is 1. The standard InChI is InChI=1S/C47H26NO17/c1-27-17-15-13-11-9-7-5-6-8-10-12-14-16-18-34(64-46-44(58)41(48)43(57)30(4)63-46)24-38-40(45(59)60)37(54)26-47(61,65-38)25-33(51)22-36(53)35(52)20-19-31(49)21-32(50)23-39(55)62-29(3)28(2)42(27)56/h48H,1-4,19-26H2,(H-,58,59,60)/t47-/m1/s1. The quantitative estimate of drug-likeness (QED) is 0.0513. The molecule has 18 nitrogen and oxygen atoms in total. The largest absolute Gasteiger partial charge is 0.571 e. The molecule has 2 N–H and O–H groups in total. The number of esters is 1. The molecule has 2 bridgehead atoms. The summed E-state index contributed by atoms with van der Waals surface area (Å²) in [6.07, 6.45) is -8.23. The van der Waals surface area contributed by atoms with Crippen LogP contribution >= 0.6 is 0 Å². The molecule has 3 rings (SSSR count). The number of carbonyl (C=O) groups is 10. The zero-order valence-electron chi connectivity index (χ0n) is 33.5. The zero-order chi connectivity index (χ0) is 48.4. The maximum Gasteiger partial charge on any atom is 0.571 e. The second kappa shape index (κ2) is 22.8. The minimum absolute atomic E-state index is 0.329. The van der Waals surface area contributed by atoms with Gasteiger partial charge >= 0.3 is 11.9 Å². The lowest BCUT2D eigenvalue weighted by Gasteiger charge is -2.32. The van der Waals surface area contributed by atoms with E-state index in [9.17, 15) is 63.3 Å². The van der Waals surface area contributed by atoms with Gasteiger partial charge in [-0.3, -0.25) is 57.7 Å². The number of hydrogen-bond donors (Lipinski definition) is 2. The van der Waals surface area contributed by atoms with Gasteiger partial charge in [0.05, 0.1) is 48.4 Å². The molecule has 0 aliphatic carbocycles. The number of ketones is 9. The first-order valence-corrected chi connectivity index (χ1v) is 17.9. The first-order valence-electron chi connectivity index (χ1n) is 17.9. The highest BCUT2D eigenvalue weighted by Gasteiger charge is 2.45. The molecule has 0 unspecified atom stereocenters. The van der Waals surface area contributed by atoms with Gasteiger partial charge in [-0.2, -0.15) is 5.11 Å². The van der Waals surface area contributed by atoms with Gasteiger partial charge in [-0.25, -0.2) is 0 Å². The van der Waals surface area contributed by atoms with Gasteiger partial charge in [-0.05, 0) is 83.5 Å². The van der Waals surface area contributed by atoms with Crippen molar-refractivity contribution in [3.05, 3.63) is 72.0 Å². The van der Waals surface area contributed by atoms with Gasteiger partial charge in [0.15, 0.2) is 23.1 Å². The Kier molecular flexibility index (Phi) is 17.5. The van der Waals surface area contributed by atoms with Crippen LogP contribution in [0.5, 0.6) is 0 Å². The molecule has 0 aromatic heterocycles. The summed E-state index contributed by atoms with van der Waals surface area (Å²) >= 11 is 0. The maximum absolute atomic E-state index is 13.7. The third-order valence-electron chi connectivity index (χ3n) is 7.89. The highest BCUT2D eigenvalue weighted by atomic mass is 16.6. The maximum atomic E-state index is 13.7. The number of aliphatic hydroxyl groups is 1. The van der Waals surface area contributed by atoms with Gasteiger partial charge in [0, 0.05) is 18.8 Å². The lowest BCUT2D eigenvalue weighted by molar-refractivity contribution is -0.439. The summed E-state index contributed by atoms with van der Waals surface area (Å²) in [6.45, 7) is 13.6. The molecule has 3 heterocycles. The number of hydrogen-bond acceptors (Lipinski definition) is 16. The Bertz CT molecular complexity index is 2940. The fourth-order valence-corrected chi connectivity index (χ4v) is 4.92. The summed E-state index contributed by atoms with van der Waals surface area (Å²) in [5, 5.41) is 43.8. The van der Waals surface area contributed by atoms with Gasteiger partial charge in [-0.15, -0.1) is 0 Å². The molecule has 3 aliphatic rings. The SMILES string of the molecule is C=C1C#CC#CC#CC#CC#CC#CC#CC(=[O+]C2=C(O)C(=N)C(=O)C(=C)O2)CC2=C(C(=O)[O-])C(=O)C[C@@]([O])(CC(=O)CC(=O)C(=O)CCC(=O)CC(=O)CC(=O)OC(=C)C(=C)C1=O)O2. The number of rotatable bonds is 2. The Morgan fingerprint density at radius 1 is 0.646 bits per heavy atom. The molecule has 0 saturated heterocycles. The smallest absolute Gasteiger partial charge is 0.545 e. The van der Waals surface area contributed by atoms with Gasteiger partial charge in [0.25, 0.3) is 28.9 Å². The zero-order valence-corrected chi connectivity index (χ0v) is 33.5. The van der Waals surface area contributed by atoms with Crippen LogP contribution in [0.15, 0.2) is 72.0 Å². The van der Waals surface area contributed by atoms with Crippen LogP contribution in [0.3, 0.4) is 0 Å². The number of Topliss-reactive ketones (excluding diaryl/α,β-unsaturated/α-hetero) is 8. The fraction of sp³-hybridized carbons (Fsp3) is 0.191. The number of carboxylic acid groups (broad SMARTS) is 1. The molecule has 18 heteroatoms. The van der Waals surface area contributed by atoms with Crippen molar-refractivity contribution in [1.82, 2.24) is 0 Å². The minimum Gasteiger partial charge on any atom is -0.545 e. The highest BCUT2D eigenvalue weighted by Crippen LogP contribution is 2.33. The van der Waals surface area contributed by atoms with Crippen molar-refractivity contribution in [2.24, 2.45) is 0 Å². The average Bonchev–Trinajstić information content (AvgIpc) is 3.21. The molecule has 321 valence electrons. The highest BCUT2D eigenvalue weighted by molar-refractivity contribution is 6.49. The van der Waals surface area contributed by atoms with Crippen molar-refractivity contribution in [2.45, 2.75) is 57.2 Å². The van der Waals surface area contributed by atoms with E-state index in [2.05, 4.69) is 109 Å². The summed E-state index contributed by atoms with van der Waals surface area (Å²) in [6, 6.07) is 0. The number of aliphatic hydroxyl groups excluding tert-OH is 1. The number of nitrogens with one attached hydrogen (secondary N) is 1. The van der Waals surface area contributed by atoms with Gasteiger partial charge in [0.2, 0.25) is 11.6 Å². The third-order valence-corrected chi connectivity index (χ3v) is 7.89. The Morgan fingerprint density at radius 2 is 1.22 bits per heavy atom. The first-order chi connectivity index (χ1) is 30.6. The molecular formula is C47H26NO17. The van der Waals surface area contributed by atoms with E-state index in [1.807, 2.05) is 0 Å². The van der Waals surface area contributed by atoms with E-state index in [0.717, 1.165) is 0 Å². The number of fused-ring (bicyclic) bond motifs is 2. The van der Waals surface area contributed by atoms with E-state index in [1.165, 1.54) is 0 Å². The first kappa shape index (κ1) is 49.7. The van der Waals surface area contributed by atoms with Crippen molar-refractivity contribution >= 4 is 69.7 Å². The van der Waals surface area contributed by atoms with Gasteiger partial charge in [-0.1, -0.05) is 19.7 Å². The Labute approximate surface area is 368 Å². The van der Waals surface area contributed by atoms with E-state index in [-0.39, 0.29) is 5.57 Å². The Hall–Kier alpha value is -9.64. The molecule has 3 aliphatic heterocycles. The van der Waals surface area contributed by atoms with Crippen LogP contribution in [-0.4, -0.2) is 80.6 Å².